The predicted octanol–water partition coefficient (Wildman–Crippen LogP) is 2.24. The highest BCUT2D eigenvalue weighted by molar-refractivity contribution is 7.91. The van der Waals surface area contributed by atoms with Crippen LogP contribution in [-0.2, 0) is 16.4 Å². The summed E-state index contributed by atoms with van der Waals surface area (Å²) < 4.78 is 28.7. The summed E-state index contributed by atoms with van der Waals surface area (Å²) in [6, 6.07) is 11.0. The number of hydrogen-bond acceptors (Lipinski definition) is 6. The Kier molecular flexibility index (Phi) is 5.04. The van der Waals surface area contributed by atoms with E-state index in [0.29, 0.717) is 23.0 Å². The van der Waals surface area contributed by atoms with Gasteiger partial charge in [0.1, 0.15) is 11.7 Å². The Labute approximate surface area is 190 Å². The van der Waals surface area contributed by atoms with Crippen LogP contribution in [0.15, 0.2) is 53.7 Å². The Morgan fingerprint density at radius 3 is 2.64 bits per heavy atom. The summed E-state index contributed by atoms with van der Waals surface area (Å²) in [5, 5.41) is 4.62. The summed E-state index contributed by atoms with van der Waals surface area (Å²) >= 11 is 0. The van der Waals surface area contributed by atoms with Crippen LogP contribution < -0.4 is 5.56 Å². The number of rotatable bonds is 5. The molecule has 0 N–H and O–H groups in total. The van der Waals surface area contributed by atoms with Crippen LogP contribution in [0.2, 0.25) is 0 Å². The fourth-order valence-electron chi connectivity index (χ4n) is 4.66. The lowest BCUT2D eigenvalue weighted by Crippen LogP contribution is -2.25. The number of para-hydroxylation sites is 1. The van der Waals surface area contributed by atoms with Crippen molar-refractivity contribution in [1.82, 2.24) is 23.9 Å². The van der Waals surface area contributed by atoms with Crippen LogP contribution >= 0.6 is 0 Å². The summed E-state index contributed by atoms with van der Waals surface area (Å²) in [7, 11) is -3.05. The quantitative estimate of drug-likeness (QED) is 0.418. The zero-order chi connectivity index (χ0) is 23.3. The number of carbonyl (C=O) groups is 1. The zero-order valence-electron chi connectivity index (χ0n) is 18.3. The lowest BCUT2D eigenvalue weighted by Gasteiger charge is -2.16. The van der Waals surface area contributed by atoms with Crippen LogP contribution in [0.3, 0.4) is 0 Å². The van der Waals surface area contributed by atoms with Crippen molar-refractivity contribution in [3.05, 3.63) is 76.2 Å². The monoisotopic (exact) mass is 465 g/mol. The van der Waals surface area contributed by atoms with Gasteiger partial charge in [-0.2, -0.15) is 5.10 Å². The number of Topliss-reactive ketones (excluding diaryl/α,β-unsaturated/α-hetero) is 1. The van der Waals surface area contributed by atoms with E-state index in [1.807, 2.05) is 48.7 Å². The van der Waals surface area contributed by atoms with Crippen molar-refractivity contribution in [1.29, 1.82) is 0 Å². The summed E-state index contributed by atoms with van der Waals surface area (Å²) in [6.07, 6.45) is 3.37. The van der Waals surface area contributed by atoms with Crippen LogP contribution in [0.5, 0.6) is 0 Å². The molecule has 0 bridgehead atoms. The van der Waals surface area contributed by atoms with E-state index < -0.39 is 9.84 Å². The lowest BCUT2D eigenvalue weighted by atomic mass is 10.1. The smallest absolute Gasteiger partial charge is 0.264 e. The molecule has 9 nitrogen and oxygen atoms in total. The van der Waals surface area contributed by atoms with Crippen LogP contribution in [0.4, 0.5) is 0 Å². The van der Waals surface area contributed by atoms with E-state index in [9.17, 15) is 18.0 Å². The normalized spacial score (nSPS) is 17.6. The Hall–Kier alpha value is -3.53. The molecular weight excluding hydrogens is 442 g/mol. The third-order valence-electron chi connectivity index (χ3n) is 6.23. The van der Waals surface area contributed by atoms with E-state index in [4.69, 9.17) is 0 Å². The molecule has 1 atom stereocenters. The van der Waals surface area contributed by atoms with Crippen LogP contribution in [-0.4, -0.2) is 49.6 Å². The largest absolute Gasteiger partial charge is 0.344 e. The van der Waals surface area contributed by atoms with Gasteiger partial charge in [-0.15, -0.1) is 0 Å². The van der Waals surface area contributed by atoms with E-state index in [-0.39, 0.29) is 35.4 Å². The molecule has 1 aliphatic rings. The first-order valence-electron chi connectivity index (χ1n) is 10.7. The maximum absolute atomic E-state index is 13.1. The Morgan fingerprint density at radius 2 is 1.94 bits per heavy atom. The van der Waals surface area contributed by atoms with Gasteiger partial charge in [-0.3, -0.25) is 14.2 Å². The first-order chi connectivity index (χ1) is 15.7. The van der Waals surface area contributed by atoms with Gasteiger partial charge in [-0.05, 0) is 38.5 Å². The SMILES string of the molecule is Cc1cc(C(=O)Cn2cnc3c(cnn3-c3ccccc3)c2=O)c(C)n1[C@@H]1CCS(=O)(=O)C1. The second kappa shape index (κ2) is 7.80. The van der Waals surface area contributed by atoms with Gasteiger partial charge in [-0.1, -0.05) is 18.2 Å². The van der Waals surface area contributed by atoms with Crippen molar-refractivity contribution in [2.24, 2.45) is 0 Å². The summed E-state index contributed by atoms with van der Waals surface area (Å²) in [5.41, 5.74) is 2.92. The second-order valence-electron chi connectivity index (χ2n) is 8.44. The lowest BCUT2D eigenvalue weighted by molar-refractivity contribution is 0.0970. The average Bonchev–Trinajstić information content (AvgIpc) is 3.45. The van der Waals surface area contributed by atoms with Gasteiger partial charge in [0.2, 0.25) is 0 Å². The number of fused-ring (bicyclic) bond motifs is 1. The maximum Gasteiger partial charge on any atom is 0.264 e. The minimum absolute atomic E-state index is 0.0858. The van der Waals surface area contributed by atoms with Crippen molar-refractivity contribution in [3.63, 3.8) is 0 Å². The molecule has 1 aliphatic heterocycles. The molecule has 4 aromatic rings. The first-order valence-corrected chi connectivity index (χ1v) is 12.5. The van der Waals surface area contributed by atoms with Crippen molar-refractivity contribution >= 4 is 26.7 Å². The van der Waals surface area contributed by atoms with Gasteiger partial charge in [-0.25, -0.2) is 18.1 Å². The fourth-order valence-corrected chi connectivity index (χ4v) is 6.36. The van der Waals surface area contributed by atoms with E-state index >= 15 is 0 Å². The molecule has 0 unspecified atom stereocenters. The zero-order valence-corrected chi connectivity index (χ0v) is 19.1. The summed E-state index contributed by atoms with van der Waals surface area (Å²) in [5.74, 6) is 0.0203. The molecule has 4 heterocycles. The van der Waals surface area contributed by atoms with Gasteiger partial charge in [0.15, 0.2) is 21.3 Å². The minimum Gasteiger partial charge on any atom is -0.344 e. The molecular formula is C23H23N5O4S. The van der Waals surface area contributed by atoms with Gasteiger partial charge >= 0.3 is 0 Å². The Bertz CT molecular complexity index is 1550. The molecule has 5 rings (SSSR count). The van der Waals surface area contributed by atoms with Gasteiger partial charge in [0, 0.05) is 23.0 Å². The number of ketones is 1. The molecule has 33 heavy (non-hydrogen) atoms. The van der Waals surface area contributed by atoms with Crippen molar-refractivity contribution in [2.75, 3.05) is 11.5 Å². The number of aryl methyl sites for hydroxylation is 1. The summed E-state index contributed by atoms with van der Waals surface area (Å²) in [6.45, 7) is 3.53. The fraction of sp³-hybridized carbons (Fsp3) is 0.304. The maximum atomic E-state index is 13.1. The number of benzene rings is 1. The van der Waals surface area contributed by atoms with Gasteiger partial charge in [0.25, 0.3) is 5.56 Å². The third kappa shape index (κ3) is 3.70. The minimum atomic E-state index is -3.05. The molecule has 0 aliphatic carbocycles. The van der Waals surface area contributed by atoms with E-state index in [2.05, 4.69) is 10.1 Å². The third-order valence-corrected chi connectivity index (χ3v) is 7.98. The topological polar surface area (TPSA) is 109 Å². The number of nitrogens with zero attached hydrogens (tertiary/aromatic N) is 5. The number of aromatic nitrogens is 5. The van der Waals surface area contributed by atoms with Crippen LogP contribution in [0, 0.1) is 13.8 Å². The summed E-state index contributed by atoms with van der Waals surface area (Å²) in [4.78, 5) is 30.5. The van der Waals surface area contributed by atoms with E-state index in [1.54, 1.807) is 10.7 Å². The molecule has 10 heteroatoms. The highest BCUT2D eigenvalue weighted by Gasteiger charge is 2.31. The van der Waals surface area contributed by atoms with Gasteiger partial charge < -0.3 is 4.57 Å². The Morgan fingerprint density at radius 1 is 1.18 bits per heavy atom. The standard InChI is InChI=1S/C23H23N5O4S/c1-15-10-19(16(2)27(15)18-8-9-33(31,32)13-18)21(29)12-26-14-24-22-20(23(26)30)11-25-28(22)17-6-4-3-5-7-17/h3-7,10-11,14,18H,8-9,12-13H2,1-2H3/t18-/m1/s1. The van der Waals surface area contributed by atoms with Crippen LogP contribution in [0.1, 0.15) is 34.2 Å². The predicted molar refractivity (Wildman–Crippen MR) is 124 cm³/mol. The highest BCUT2D eigenvalue weighted by atomic mass is 32.2. The molecule has 3 aromatic heterocycles. The molecule has 1 fully saturated rings. The average molecular weight is 466 g/mol. The van der Waals surface area contributed by atoms with Gasteiger partial charge in [0.05, 0.1) is 29.9 Å². The molecule has 0 radical (unpaired) electrons. The van der Waals surface area contributed by atoms with Crippen molar-refractivity contribution < 1.29 is 13.2 Å². The molecule has 170 valence electrons. The van der Waals surface area contributed by atoms with Crippen molar-refractivity contribution in [2.45, 2.75) is 32.9 Å². The van der Waals surface area contributed by atoms with E-state index in [1.165, 1.54) is 17.1 Å². The van der Waals surface area contributed by atoms with E-state index in [0.717, 1.165) is 17.1 Å². The highest BCUT2D eigenvalue weighted by Crippen LogP contribution is 2.29. The first kappa shape index (κ1) is 21.3. The molecule has 1 aromatic carbocycles. The number of hydrogen-bond donors (Lipinski definition) is 0. The molecule has 0 saturated carbocycles. The Balaban J connectivity index is 1.45. The van der Waals surface area contributed by atoms with Crippen LogP contribution in [0.25, 0.3) is 16.7 Å². The van der Waals surface area contributed by atoms with Crippen molar-refractivity contribution in [3.8, 4) is 5.69 Å². The second-order valence-corrected chi connectivity index (χ2v) is 10.7. The molecule has 1 saturated heterocycles. The molecule has 0 amide bonds. The number of carbonyl (C=O) groups excluding carboxylic acids is 1. The molecule has 0 spiro atoms. The number of sulfone groups is 1.